The number of hydrogen-bond donors (Lipinski definition) is 3. The molecule has 2 bridgehead atoms. The smallest absolute Gasteiger partial charge is 1.00 e. The first-order chi connectivity index (χ1) is 13.5. The van der Waals surface area contributed by atoms with Gasteiger partial charge in [-0.05, 0) is 62.2 Å². The van der Waals surface area contributed by atoms with Gasteiger partial charge >= 0.3 is 35.5 Å². The van der Waals surface area contributed by atoms with Crippen LogP contribution in [0.15, 0.2) is 46.7 Å². The molecule has 0 saturated carbocycles. The van der Waals surface area contributed by atoms with Gasteiger partial charge in [-0.1, -0.05) is 0 Å². The molecular formula is C20H21FN5NaO2. The van der Waals surface area contributed by atoms with Gasteiger partial charge in [-0.2, -0.15) is 0 Å². The Kier molecular flexibility index (Phi) is 4.98. The molecular weight excluding hydrogens is 384 g/mol. The zero-order valence-corrected chi connectivity index (χ0v) is 18.8. The standard InChI is InChI=1S/C20H20FN5O2.Na.H/c1-11-6-14(7-12(2)18(11)21)24-20-23-9-13(3)19(25-28-20)26(20)15-4-5-17-16(8-15)22-10-27-17;;/h4-9,22,24-25H,10H2,1-3H3;;/q;+1;-1. The summed E-state index contributed by atoms with van der Waals surface area (Å²) in [6.45, 7) is 5.88. The normalized spacial score (nSPS) is 21.2. The topological polar surface area (TPSA) is 70.2 Å². The van der Waals surface area contributed by atoms with Gasteiger partial charge in [0.05, 0.1) is 11.4 Å². The van der Waals surface area contributed by atoms with Gasteiger partial charge in [0.1, 0.15) is 17.4 Å². The number of anilines is 3. The molecule has 9 heteroatoms. The zero-order chi connectivity index (χ0) is 19.5. The molecule has 146 valence electrons. The first-order valence-electron chi connectivity index (χ1n) is 9.03. The molecule has 0 spiro atoms. The van der Waals surface area contributed by atoms with Crippen molar-refractivity contribution in [3.05, 3.63) is 58.7 Å². The summed E-state index contributed by atoms with van der Waals surface area (Å²) in [4.78, 5) is 12.5. The van der Waals surface area contributed by atoms with Crippen LogP contribution in [0.5, 0.6) is 5.75 Å². The second kappa shape index (κ2) is 7.21. The van der Waals surface area contributed by atoms with E-state index in [4.69, 9.17) is 9.57 Å². The predicted molar refractivity (Wildman–Crippen MR) is 107 cm³/mol. The molecule has 0 aliphatic carbocycles. The van der Waals surface area contributed by atoms with E-state index in [9.17, 15) is 4.39 Å². The van der Waals surface area contributed by atoms with Gasteiger partial charge < -0.3 is 16.8 Å². The Morgan fingerprint density at radius 2 is 1.97 bits per heavy atom. The molecule has 1 fully saturated rings. The Labute approximate surface area is 191 Å². The first-order valence-corrected chi connectivity index (χ1v) is 9.03. The minimum atomic E-state index is -1.22. The van der Waals surface area contributed by atoms with Crippen molar-refractivity contribution in [1.82, 2.24) is 5.48 Å². The van der Waals surface area contributed by atoms with E-state index >= 15 is 0 Å². The van der Waals surface area contributed by atoms with E-state index in [-0.39, 0.29) is 36.8 Å². The third kappa shape index (κ3) is 3.16. The summed E-state index contributed by atoms with van der Waals surface area (Å²) in [5.41, 5.74) is 7.52. The number of nitrogens with zero attached hydrogens (tertiary/aromatic N) is 2. The van der Waals surface area contributed by atoms with Crippen molar-refractivity contribution in [2.24, 2.45) is 4.99 Å². The van der Waals surface area contributed by atoms with Gasteiger partial charge in [-0.25, -0.2) is 19.7 Å². The maximum atomic E-state index is 14.1. The van der Waals surface area contributed by atoms with E-state index in [1.807, 2.05) is 30.0 Å². The largest absolute Gasteiger partial charge is 1.00 e. The molecule has 0 radical (unpaired) electrons. The summed E-state index contributed by atoms with van der Waals surface area (Å²) in [7, 11) is 0. The molecule has 3 aliphatic heterocycles. The molecule has 3 aliphatic rings. The second-order valence-electron chi connectivity index (χ2n) is 7.13. The number of halogens is 1. The molecule has 1 saturated heterocycles. The Morgan fingerprint density at radius 1 is 1.21 bits per heavy atom. The zero-order valence-electron chi connectivity index (χ0n) is 17.8. The van der Waals surface area contributed by atoms with Crippen LogP contribution in [0.3, 0.4) is 0 Å². The number of hydrogen-bond acceptors (Lipinski definition) is 7. The van der Waals surface area contributed by atoms with Crippen molar-refractivity contribution in [1.29, 1.82) is 0 Å². The van der Waals surface area contributed by atoms with Crippen LogP contribution in [-0.2, 0) is 4.84 Å². The second-order valence-corrected chi connectivity index (χ2v) is 7.13. The molecule has 5 rings (SSSR count). The monoisotopic (exact) mass is 405 g/mol. The van der Waals surface area contributed by atoms with Gasteiger partial charge in [-0.3, -0.25) is 4.90 Å². The molecule has 2 aromatic rings. The Balaban J connectivity index is 0.00000128. The fraction of sp³-hybridized carbons (Fsp3) is 0.250. The summed E-state index contributed by atoms with van der Waals surface area (Å²) >= 11 is 0. The minimum Gasteiger partial charge on any atom is -1.00 e. The number of nitrogens with one attached hydrogen (secondary N) is 3. The van der Waals surface area contributed by atoms with Crippen molar-refractivity contribution in [3.8, 4) is 5.75 Å². The van der Waals surface area contributed by atoms with E-state index < -0.39 is 5.97 Å². The molecule has 0 aromatic heterocycles. The Bertz CT molecular complexity index is 1040. The van der Waals surface area contributed by atoms with Crippen molar-refractivity contribution in [3.63, 3.8) is 0 Å². The van der Waals surface area contributed by atoms with E-state index in [1.54, 1.807) is 32.2 Å². The van der Waals surface area contributed by atoms with Crippen LogP contribution < -0.4 is 55.3 Å². The third-order valence-electron chi connectivity index (χ3n) is 5.08. The number of rotatable bonds is 3. The molecule has 7 nitrogen and oxygen atoms in total. The van der Waals surface area contributed by atoms with Crippen LogP contribution in [0.4, 0.5) is 21.5 Å². The number of ether oxygens (including phenoxy) is 1. The molecule has 3 heterocycles. The molecule has 1 unspecified atom stereocenters. The van der Waals surface area contributed by atoms with Gasteiger partial charge in [0.15, 0.2) is 6.73 Å². The van der Waals surface area contributed by atoms with E-state index in [0.717, 1.165) is 28.5 Å². The number of aliphatic imine (C=N–C) groups is 1. The summed E-state index contributed by atoms with van der Waals surface area (Å²) in [5.74, 6) is 0.165. The van der Waals surface area contributed by atoms with Crippen LogP contribution in [0, 0.1) is 19.7 Å². The molecule has 0 amide bonds. The van der Waals surface area contributed by atoms with Crippen molar-refractivity contribution in [2.45, 2.75) is 26.7 Å². The first kappa shape index (κ1) is 20.0. The molecule has 2 aromatic carbocycles. The average molecular weight is 405 g/mol. The number of aryl methyl sites for hydroxylation is 2. The van der Waals surface area contributed by atoms with Crippen LogP contribution in [0.25, 0.3) is 0 Å². The van der Waals surface area contributed by atoms with Crippen molar-refractivity contribution >= 4 is 23.3 Å². The van der Waals surface area contributed by atoms with E-state index in [0.29, 0.717) is 23.5 Å². The summed E-state index contributed by atoms with van der Waals surface area (Å²) in [5, 5.41) is 6.52. The van der Waals surface area contributed by atoms with Gasteiger partial charge in [-0.15, -0.1) is 0 Å². The van der Waals surface area contributed by atoms with Crippen LogP contribution in [-0.4, -0.2) is 18.9 Å². The maximum Gasteiger partial charge on any atom is 1.00 e. The fourth-order valence-electron chi connectivity index (χ4n) is 3.69. The predicted octanol–water partition coefficient (Wildman–Crippen LogP) is 0.701. The number of allylic oxidation sites excluding steroid dienone is 1. The van der Waals surface area contributed by atoms with E-state index in [2.05, 4.69) is 21.1 Å². The third-order valence-corrected chi connectivity index (χ3v) is 5.08. The minimum absolute atomic E-state index is 0. The number of hydroxylamine groups is 1. The number of fused-ring (bicyclic) bond motifs is 3. The van der Waals surface area contributed by atoms with Gasteiger partial charge in [0.2, 0.25) is 0 Å². The molecule has 3 N–H and O–H groups in total. The van der Waals surface area contributed by atoms with Crippen molar-refractivity contribution in [2.75, 3.05) is 22.3 Å². The maximum absolute atomic E-state index is 14.1. The fourth-order valence-corrected chi connectivity index (χ4v) is 3.69. The Morgan fingerprint density at radius 3 is 2.72 bits per heavy atom. The van der Waals surface area contributed by atoms with Gasteiger partial charge in [0, 0.05) is 17.5 Å². The number of benzene rings is 2. The summed E-state index contributed by atoms with van der Waals surface area (Å²) < 4.78 is 19.6. The van der Waals surface area contributed by atoms with E-state index in [1.165, 1.54) is 0 Å². The summed E-state index contributed by atoms with van der Waals surface area (Å²) in [6.07, 6.45) is 1.76. The SMILES string of the molecule is CC1=C2NOC(Nc3cc(C)c(F)c(C)c3)(N=C1)N2c1ccc2c(c1)NCO2.[H-].[Na+]. The Hall–Kier alpha value is -2.26. The van der Waals surface area contributed by atoms with Gasteiger partial charge in [0.25, 0.3) is 0 Å². The molecule has 1 atom stereocenters. The van der Waals surface area contributed by atoms with Crippen LogP contribution in [0.1, 0.15) is 19.5 Å². The summed E-state index contributed by atoms with van der Waals surface area (Å²) in [6, 6.07) is 9.35. The molecule has 29 heavy (non-hydrogen) atoms. The quantitative estimate of drug-likeness (QED) is 0.654. The van der Waals surface area contributed by atoms with Crippen molar-refractivity contribution < 1.29 is 44.9 Å². The van der Waals surface area contributed by atoms with Crippen LogP contribution in [0.2, 0.25) is 0 Å². The van der Waals surface area contributed by atoms with Crippen LogP contribution >= 0.6 is 0 Å². The average Bonchev–Trinajstić information content (AvgIpc) is 3.24.